The highest BCUT2D eigenvalue weighted by Gasteiger charge is 2.22. The van der Waals surface area contributed by atoms with Gasteiger partial charge in [-0.25, -0.2) is 8.42 Å². The molecule has 1 rings (SSSR count). The Morgan fingerprint density at radius 2 is 2.06 bits per heavy atom. The lowest BCUT2D eigenvalue weighted by molar-refractivity contribution is 0.579. The van der Waals surface area contributed by atoms with Crippen molar-refractivity contribution in [1.29, 1.82) is 0 Å². The molecule has 0 aromatic carbocycles. The lowest BCUT2D eigenvalue weighted by Gasteiger charge is -2.15. The van der Waals surface area contributed by atoms with Crippen molar-refractivity contribution in [2.24, 2.45) is 0 Å². The fraction of sp³-hybridized carbons (Fsp3) is 0.700. The minimum absolute atomic E-state index is 0.432. The second-order valence-corrected chi connectivity index (χ2v) is 6.17. The smallest absolute Gasteiger partial charge is 0.236 e. The van der Waals surface area contributed by atoms with E-state index in [2.05, 4.69) is 20.2 Å². The number of nitrogens with one attached hydrogen (secondary N) is 3. The van der Waals surface area contributed by atoms with Crippen molar-refractivity contribution in [3.8, 4) is 0 Å². The van der Waals surface area contributed by atoms with Crippen LogP contribution in [-0.4, -0.2) is 37.0 Å². The molecule has 1 atom stereocenters. The molecule has 0 fully saturated rings. The van der Waals surface area contributed by atoms with E-state index in [0.29, 0.717) is 17.9 Å². The van der Waals surface area contributed by atoms with Crippen LogP contribution in [0.3, 0.4) is 0 Å². The molecule has 0 spiro atoms. The number of aromatic amines is 1. The lowest BCUT2D eigenvalue weighted by Crippen LogP contribution is -2.34. The molecule has 0 aliphatic heterocycles. The van der Waals surface area contributed by atoms with E-state index in [4.69, 9.17) is 0 Å². The van der Waals surface area contributed by atoms with Gasteiger partial charge < -0.3 is 5.32 Å². The van der Waals surface area contributed by atoms with Crippen LogP contribution in [0.4, 0.5) is 5.69 Å². The van der Waals surface area contributed by atoms with E-state index in [9.17, 15) is 8.42 Å². The number of hydrogen-bond donors (Lipinski definition) is 3. The maximum Gasteiger partial charge on any atom is 0.236 e. The Hall–Kier alpha value is -1.08. The number of aryl methyl sites for hydroxylation is 2. The van der Waals surface area contributed by atoms with E-state index >= 15 is 0 Å². The molecule has 0 amide bonds. The number of sulfonamides is 1. The van der Waals surface area contributed by atoms with Crippen molar-refractivity contribution in [2.75, 3.05) is 17.8 Å². The number of anilines is 1. The summed E-state index contributed by atoms with van der Waals surface area (Å²) >= 11 is 0. The van der Waals surface area contributed by atoms with Crippen molar-refractivity contribution in [3.63, 3.8) is 0 Å². The van der Waals surface area contributed by atoms with Crippen LogP contribution in [0.25, 0.3) is 0 Å². The zero-order valence-corrected chi connectivity index (χ0v) is 11.5. The Morgan fingerprint density at radius 3 is 2.53 bits per heavy atom. The first-order valence-corrected chi connectivity index (χ1v) is 7.17. The van der Waals surface area contributed by atoms with Crippen LogP contribution < -0.4 is 10.0 Å². The minimum Gasteiger partial charge on any atom is -0.316 e. The summed E-state index contributed by atoms with van der Waals surface area (Å²) in [6.07, 6.45) is 0. The largest absolute Gasteiger partial charge is 0.316 e. The van der Waals surface area contributed by atoms with Crippen LogP contribution in [0.15, 0.2) is 0 Å². The molecule has 3 N–H and O–H groups in total. The predicted molar refractivity (Wildman–Crippen MR) is 68.6 cm³/mol. The molecule has 1 aromatic rings. The SMILES string of the molecule is CCNCC(C)S(=O)(=O)Nc1c(C)n[nH]c1C. The number of nitrogens with zero attached hydrogens (tertiary/aromatic N) is 1. The fourth-order valence-electron chi connectivity index (χ4n) is 1.40. The fourth-order valence-corrected chi connectivity index (χ4v) is 2.53. The summed E-state index contributed by atoms with van der Waals surface area (Å²) in [4.78, 5) is 0. The monoisotopic (exact) mass is 260 g/mol. The molecular weight excluding hydrogens is 240 g/mol. The van der Waals surface area contributed by atoms with Gasteiger partial charge in [-0.05, 0) is 27.3 Å². The van der Waals surface area contributed by atoms with Gasteiger partial charge in [0.05, 0.1) is 22.3 Å². The van der Waals surface area contributed by atoms with Gasteiger partial charge in [-0.15, -0.1) is 0 Å². The Labute approximate surface area is 102 Å². The van der Waals surface area contributed by atoms with E-state index in [-0.39, 0.29) is 0 Å². The Bertz CT molecular complexity index is 447. The predicted octanol–water partition coefficient (Wildman–Crippen LogP) is 0.766. The molecule has 6 nitrogen and oxygen atoms in total. The molecule has 1 aromatic heterocycles. The Morgan fingerprint density at radius 1 is 1.41 bits per heavy atom. The lowest BCUT2D eigenvalue weighted by atomic mass is 10.3. The summed E-state index contributed by atoms with van der Waals surface area (Å²) in [7, 11) is -3.37. The normalized spacial score (nSPS) is 13.6. The zero-order valence-electron chi connectivity index (χ0n) is 10.7. The third-order valence-corrected chi connectivity index (χ3v) is 4.30. The molecule has 1 heterocycles. The van der Waals surface area contributed by atoms with Crippen LogP contribution in [0.5, 0.6) is 0 Å². The maximum absolute atomic E-state index is 12.0. The quantitative estimate of drug-likeness (QED) is 0.705. The van der Waals surface area contributed by atoms with Gasteiger partial charge in [0, 0.05) is 6.54 Å². The highest BCUT2D eigenvalue weighted by Crippen LogP contribution is 2.18. The molecule has 0 aliphatic rings. The molecule has 0 saturated carbocycles. The maximum atomic E-state index is 12.0. The summed E-state index contributed by atoms with van der Waals surface area (Å²) in [5.41, 5.74) is 1.93. The first-order valence-electron chi connectivity index (χ1n) is 5.62. The first kappa shape index (κ1) is 14.0. The van der Waals surface area contributed by atoms with Crippen LogP contribution in [0, 0.1) is 13.8 Å². The van der Waals surface area contributed by atoms with E-state index < -0.39 is 15.3 Å². The van der Waals surface area contributed by atoms with Crippen molar-refractivity contribution < 1.29 is 8.42 Å². The number of aromatic nitrogens is 2. The average molecular weight is 260 g/mol. The van der Waals surface area contributed by atoms with Crippen molar-refractivity contribution >= 4 is 15.7 Å². The van der Waals surface area contributed by atoms with Crippen molar-refractivity contribution in [2.45, 2.75) is 32.9 Å². The van der Waals surface area contributed by atoms with Gasteiger partial charge in [0.2, 0.25) is 10.0 Å². The van der Waals surface area contributed by atoms with Crippen LogP contribution in [-0.2, 0) is 10.0 Å². The minimum atomic E-state index is -3.37. The summed E-state index contributed by atoms with van der Waals surface area (Å²) in [5.74, 6) is 0. The second kappa shape index (κ2) is 5.50. The molecule has 1 unspecified atom stereocenters. The summed E-state index contributed by atoms with van der Waals surface area (Å²) in [6, 6.07) is 0. The molecule has 0 radical (unpaired) electrons. The van der Waals surface area contributed by atoms with E-state index in [1.807, 2.05) is 6.92 Å². The van der Waals surface area contributed by atoms with Gasteiger partial charge in [0.25, 0.3) is 0 Å². The number of hydrogen-bond acceptors (Lipinski definition) is 4. The third kappa shape index (κ3) is 3.44. The van der Waals surface area contributed by atoms with Crippen LogP contribution in [0.2, 0.25) is 0 Å². The van der Waals surface area contributed by atoms with Gasteiger partial charge in [0.15, 0.2) is 0 Å². The summed E-state index contributed by atoms with van der Waals surface area (Å²) < 4.78 is 26.6. The van der Waals surface area contributed by atoms with E-state index in [1.54, 1.807) is 20.8 Å². The number of rotatable bonds is 6. The van der Waals surface area contributed by atoms with Gasteiger partial charge in [0.1, 0.15) is 0 Å². The van der Waals surface area contributed by atoms with Crippen molar-refractivity contribution in [3.05, 3.63) is 11.4 Å². The number of H-pyrrole nitrogens is 1. The van der Waals surface area contributed by atoms with Gasteiger partial charge >= 0.3 is 0 Å². The molecule has 0 aliphatic carbocycles. The third-order valence-electron chi connectivity index (χ3n) is 2.58. The van der Waals surface area contributed by atoms with E-state index in [0.717, 1.165) is 12.2 Å². The Kier molecular flexibility index (Phi) is 4.53. The molecular formula is C10H20N4O2S. The molecule has 0 bridgehead atoms. The van der Waals surface area contributed by atoms with Gasteiger partial charge in [-0.2, -0.15) is 5.10 Å². The Balaban J connectivity index is 2.80. The van der Waals surface area contributed by atoms with E-state index in [1.165, 1.54) is 0 Å². The van der Waals surface area contributed by atoms with Crippen LogP contribution >= 0.6 is 0 Å². The first-order chi connectivity index (χ1) is 7.88. The van der Waals surface area contributed by atoms with Gasteiger partial charge in [-0.3, -0.25) is 9.82 Å². The highest BCUT2D eigenvalue weighted by atomic mass is 32.2. The summed E-state index contributed by atoms with van der Waals surface area (Å²) in [5, 5.41) is 9.23. The molecule has 7 heteroatoms. The molecule has 0 saturated heterocycles. The highest BCUT2D eigenvalue weighted by molar-refractivity contribution is 7.93. The average Bonchev–Trinajstić information content (AvgIpc) is 2.57. The van der Waals surface area contributed by atoms with Crippen LogP contribution in [0.1, 0.15) is 25.2 Å². The zero-order chi connectivity index (χ0) is 13.1. The summed E-state index contributed by atoms with van der Waals surface area (Å²) in [6.45, 7) is 8.35. The molecule has 98 valence electrons. The standard InChI is InChI=1S/C10H20N4O2S/c1-5-11-6-7(2)17(15,16)14-10-8(3)12-13-9(10)4/h7,11,14H,5-6H2,1-4H3,(H,12,13). The van der Waals surface area contributed by atoms with Crippen molar-refractivity contribution in [1.82, 2.24) is 15.5 Å². The van der Waals surface area contributed by atoms with Gasteiger partial charge in [-0.1, -0.05) is 6.92 Å². The molecule has 17 heavy (non-hydrogen) atoms. The second-order valence-electron chi connectivity index (χ2n) is 4.07. The topological polar surface area (TPSA) is 86.9 Å².